The summed E-state index contributed by atoms with van der Waals surface area (Å²) in [5, 5.41) is 1.33. The molecule has 2 heteroatoms. The van der Waals surface area contributed by atoms with E-state index in [1.165, 1.54) is 20.5 Å². The van der Waals surface area contributed by atoms with E-state index in [4.69, 9.17) is 5.73 Å². The van der Waals surface area contributed by atoms with Crippen molar-refractivity contribution in [1.82, 2.24) is 0 Å². The summed E-state index contributed by atoms with van der Waals surface area (Å²) in [5.74, 6) is 0.609. The number of fused-ring (bicyclic) bond motifs is 1. The SMILES string of the molecule is CC(C)c1cc2cccc(CN)c2s1. The number of hydrogen-bond donors (Lipinski definition) is 1. The molecular weight excluding hydrogens is 190 g/mol. The average Bonchev–Trinajstić information content (AvgIpc) is 2.60. The number of hydrogen-bond acceptors (Lipinski definition) is 2. The molecule has 0 spiro atoms. The van der Waals surface area contributed by atoms with Crippen molar-refractivity contribution in [2.24, 2.45) is 5.73 Å². The zero-order valence-corrected chi connectivity index (χ0v) is 9.40. The lowest BCUT2D eigenvalue weighted by atomic mass is 10.1. The van der Waals surface area contributed by atoms with Crippen LogP contribution in [0.1, 0.15) is 30.2 Å². The molecule has 1 heterocycles. The summed E-state index contributed by atoms with van der Waals surface area (Å²) < 4.78 is 1.36. The minimum Gasteiger partial charge on any atom is -0.326 e. The van der Waals surface area contributed by atoms with Crippen LogP contribution in [0.5, 0.6) is 0 Å². The molecule has 0 aliphatic heterocycles. The van der Waals surface area contributed by atoms with Gasteiger partial charge in [0.05, 0.1) is 0 Å². The van der Waals surface area contributed by atoms with Gasteiger partial charge in [0.15, 0.2) is 0 Å². The van der Waals surface area contributed by atoms with Crippen LogP contribution >= 0.6 is 11.3 Å². The van der Waals surface area contributed by atoms with Gasteiger partial charge in [-0.3, -0.25) is 0 Å². The Balaban J connectivity index is 2.64. The Morgan fingerprint density at radius 1 is 1.36 bits per heavy atom. The van der Waals surface area contributed by atoms with Crippen LogP contribution in [-0.4, -0.2) is 0 Å². The minimum atomic E-state index is 0.609. The fraction of sp³-hybridized carbons (Fsp3) is 0.333. The fourth-order valence-corrected chi connectivity index (χ4v) is 2.77. The van der Waals surface area contributed by atoms with Crippen molar-refractivity contribution in [2.75, 3.05) is 0 Å². The van der Waals surface area contributed by atoms with E-state index in [1.54, 1.807) is 0 Å². The molecule has 0 radical (unpaired) electrons. The van der Waals surface area contributed by atoms with Gasteiger partial charge in [-0.1, -0.05) is 32.0 Å². The molecule has 0 unspecified atom stereocenters. The maximum absolute atomic E-state index is 5.71. The Hall–Kier alpha value is -0.860. The third-order valence-electron chi connectivity index (χ3n) is 2.43. The highest BCUT2D eigenvalue weighted by atomic mass is 32.1. The molecule has 0 atom stereocenters. The van der Waals surface area contributed by atoms with Crippen LogP contribution in [0, 0.1) is 0 Å². The number of rotatable bonds is 2. The first-order chi connectivity index (χ1) is 6.72. The van der Waals surface area contributed by atoms with Crippen LogP contribution in [-0.2, 0) is 6.54 Å². The van der Waals surface area contributed by atoms with E-state index in [1.807, 2.05) is 11.3 Å². The van der Waals surface area contributed by atoms with Gasteiger partial charge in [-0.25, -0.2) is 0 Å². The standard InChI is InChI=1S/C12H15NS/c1-8(2)11-6-9-4-3-5-10(7-13)12(9)14-11/h3-6,8H,7,13H2,1-2H3. The van der Waals surface area contributed by atoms with Crippen LogP contribution in [0.25, 0.3) is 10.1 Å². The normalized spacial score (nSPS) is 11.4. The van der Waals surface area contributed by atoms with Crippen LogP contribution in [0.2, 0.25) is 0 Å². The van der Waals surface area contributed by atoms with Gasteiger partial charge < -0.3 is 5.73 Å². The Morgan fingerprint density at radius 2 is 2.14 bits per heavy atom. The first kappa shape index (κ1) is 9.69. The highest BCUT2D eigenvalue weighted by molar-refractivity contribution is 7.19. The summed E-state index contributed by atoms with van der Waals surface area (Å²) >= 11 is 1.88. The lowest BCUT2D eigenvalue weighted by Crippen LogP contribution is -1.95. The van der Waals surface area contributed by atoms with Gasteiger partial charge in [0, 0.05) is 16.1 Å². The van der Waals surface area contributed by atoms with E-state index in [2.05, 4.69) is 38.1 Å². The summed E-state index contributed by atoms with van der Waals surface area (Å²) in [5.41, 5.74) is 6.97. The summed E-state index contributed by atoms with van der Waals surface area (Å²) in [7, 11) is 0. The molecule has 0 amide bonds. The smallest absolute Gasteiger partial charge is 0.0390 e. The molecule has 1 aromatic heterocycles. The molecule has 0 saturated carbocycles. The second-order valence-corrected chi connectivity index (χ2v) is 4.93. The summed E-state index contributed by atoms with van der Waals surface area (Å²) in [6.07, 6.45) is 0. The van der Waals surface area contributed by atoms with Gasteiger partial charge in [0.25, 0.3) is 0 Å². The molecule has 1 aromatic carbocycles. The summed E-state index contributed by atoms with van der Waals surface area (Å²) in [6.45, 7) is 5.09. The second kappa shape index (κ2) is 3.71. The Bertz CT molecular complexity index is 443. The third kappa shape index (κ3) is 1.56. The number of benzene rings is 1. The van der Waals surface area contributed by atoms with Crippen molar-refractivity contribution < 1.29 is 0 Å². The molecule has 2 N–H and O–H groups in total. The fourth-order valence-electron chi connectivity index (χ4n) is 1.59. The van der Waals surface area contributed by atoms with Gasteiger partial charge in [0.1, 0.15) is 0 Å². The van der Waals surface area contributed by atoms with Crippen LogP contribution in [0.3, 0.4) is 0 Å². The molecule has 74 valence electrons. The Labute approximate surface area is 88.6 Å². The number of thiophene rings is 1. The zero-order valence-electron chi connectivity index (χ0n) is 8.58. The van der Waals surface area contributed by atoms with Gasteiger partial charge in [0.2, 0.25) is 0 Å². The minimum absolute atomic E-state index is 0.609. The molecule has 0 saturated heterocycles. The predicted octanol–water partition coefficient (Wildman–Crippen LogP) is 3.48. The van der Waals surface area contributed by atoms with E-state index >= 15 is 0 Å². The monoisotopic (exact) mass is 205 g/mol. The predicted molar refractivity (Wildman–Crippen MR) is 63.8 cm³/mol. The molecular formula is C12H15NS. The maximum Gasteiger partial charge on any atom is 0.0390 e. The van der Waals surface area contributed by atoms with Crippen LogP contribution in [0.15, 0.2) is 24.3 Å². The largest absolute Gasteiger partial charge is 0.326 e. The average molecular weight is 205 g/mol. The molecule has 1 nitrogen and oxygen atoms in total. The van der Waals surface area contributed by atoms with Crippen molar-refractivity contribution in [1.29, 1.82) is 0 Å². The van der Waals surface area contributed by atoms with Crippen molar-refractivity contribution in [3.8, 4) is 0 Å². The lowest BCUT2D eigenvalue weighted by molar-refractivity contribution is 0.890. The summed E-state index contributed by atoms with van der Waals surface area (Å²) in [6, 6.07) is 8.64. The highest BCUT2D eigenvalue weighted by Gasteiger charge is 2.07. The Morgan fingerprint density at radius 3 is 2.79 bits per heavy atom. The van der Waals surface area contributed by atoms with Crippen molar-refractivity contribution in [3.05, 3.63) is 34.7 Å². The molecule has 2 aromatic rings. The molecule has 14 heavy (non-hydrogen) atoms. The van der Waals surface area contributed by atoms with Gasteiger partial charge in [-0.2, -0.15) is 0 Å². The molecule has 0 fully saturated rings. The van der Waals surface area contributed by atoms with Gasteiger partial charge in [-0.15, -0.1) is 11.3 Å². The molecule has 2 rings (SSSR count). The zero-order chi connectivity index (χ0) is 10.1. The molecule has 0 aliphatic carbocycles. The second-order valence-electron chi connectivity index (χ2n) is 3.84. The van der Waals surface area contributed by atoms with Crippen LogP contribution in [0.4, 0.5) is 0 Å². The Kier molecular flexibility index (Phi) is 2.57. The van der Waals surface area contributed by atoms with E-state index in [0.717, 1.165) is 0 Å². The van der Waals surface area contributed by atoms with Gasteiger partial charge in [-0.05, 0) is 22.9 Å². The van der Waals surface area contributed by atoms with E-state index < -0.39 is 0 Å². The van der Waals surface area contributed by atoms with Crippen molar-refractivity contribution in [3.63, 3.8) is 0 Å². The maximum atomic E-state index is 5.71. The van der Waals surface area contributed by atoms with E-state index in [9.17, 15) is 0 Å². The topological polar surface area (TPSA) is 26.0 Å². The first-order valence-electron chi connectivity index (χ1n) is 4.93. The van der Waals surface area contributed by atoms with E-state index in [0.29, 0.717) is 12.5 Å². The third-order valence-corrected chi connectivity index (χ3v) is 3.96. The first-order valence-corrected chi connectivity index (χ1v) is 5.75. The van der Waals surface area contributed by atoms with Crippen LogP contribution < -0.4 is 5.73 Å². The van der Waals surface area contributed by atoms with Gasteiger partial charge >= 0.3 is 0 Å². The molecule has 0 aliphatic rings. The lowest BCUT2D eigenvalue weighted by Gasteiger charge is -1.98. The quantitative estimate of drug-likeness (QED) is 0.798. The molecule has 0 bridgehead atoms. The number of nitrogens with two attached hydrogens (primary N) is 1. The van der Waals surface area contributed by atoms with Crippen molar-refractivity contribution >= 4 is 21.4 Å². The highest BCUT2D eigenvalue weighted by Crippen LogP contribution is 2.32. The van der Waals surface area contributed by atoms with E-state index in [-0.39, 0.29) is 0 Å². The van der Waals surface area contributed by atoms with Crippen molar-refractivity contribution in [2.45, 2.75) is 26.3 Å². The summed E-state index contributed by atoms with van der Waals surface area (Å²) in [4.78, 5) is 1.45.